The van der Waals surface area contributed by atoms with Crippen LogP contribution in [0, 0.1) is 0 Å². The fourth-order valence-electron chi connectivity index (χ4n) is 1.76. The minimum atomic E-state index is 0.224. The Labute approximate surface area is 88.5 Å². The first-order valence-corrected chi connectivity index (χ1v) is 5.74. The van der Waals surface area contributed by atoms with Crippen LogP contribution in [0.5, 0.6) is 0 Å². The first-order chi connectivity index (χ1) is 6.68. The first kappa shape index (κ1) is 10.0. The standard InChI is InChI=1S/C9H16N4S/c1-9(2)7-10-3-4-13(9)5-8-6-14-12-11-8/h6,10H,3-5,7H2,1-2H3. The SMILES string of the molecule is CC1(C)CNCCN1Cc1csnn1. The number of nitrogens with zero attached hydrogens (tertiary/aromatic N) is 3. The highest BCUT2D eigenvalue weighted by molar-refractivity contribution is 7.03. The Morgan fingerprint density at radius 2 is 2.50 bits per heavy atom. The Hall–Kier alpha value is -0.520. The van der Waals surface area contributed by atoms with E-state index < -0.39 is 0 Å². The van der Waals surface area contributed by atoms with Crippen LogP contribution in [0.15, 0.2) is 5.38 Å². The molecule has 14 heavy (non-hydrogen) atoms. The van der Waals surface area contributed by atoms with Crippen LogP contribution in [0.3, 0.4) is 0 Å². The van der Waals surface area contributed by atoms with E-state index >= 15 is 0 Å². The van der Waals surface area contributed by atoms with E-state index in [2.05, 4.69) is 33.7 Å². The molecule has 0 aromatic carbocycles. The highest BCUT2D eigenvalue weighted by atomic mass is 32.1. The van der Waals surface area contributed by atoms with Crippen molar-refractivity contribution >= 4 is 11.5 Å². The zero-order chi connectivity index (χ0) is 10.0. The van der Waals surface area contributed by atoms with Crippen LogP contribution in [-0.4, -0.2) is 39.7 Å². The van der Waals surface area contributed by atoms with Crippen molar-refractivity contribution in [3.8, 4) is 0 Å². The predicted molar refractivity (Wildman–Crippen MR) is 57.3 cm³/mol. The lowest BCUT2D eigenvalue weighted by Crippen LogP contribution is -2.57. The van der Waals surface area contributed by atoms with Gasteiger partial charge in [-0.25, -0.2) is 0 Å². The number of aromatic nitrogens is 2. The third kappa shape index (κ3) is 2.10. The summed E-state index contributed by atoms with van der Waals surface area (Å²) in [5, 5.41) is 9.52. The first-order valence-electron chi connectivity index (χ1n) is 4.90. The van der Waals surface area contributed by atoms with E-state index in [0.717, 1.165) is 31.9 Å². The number of hydrogen-bond acceptors (Lipinski definition) is 5. The topological polar surface area (TPSA) is 41.0 Å². The van der Waals surface area contributed by atoms with Gasteiger partial charge in [0.25, 0.3) is 0 Å². The van der Waals surface area contributed by atoms with Crippen molar-refractivity contribution in [2.24, 2.45) is 0 Å². The summed E-state index contributed by atoms with van der Waals surface area (Å²) in [4.78, 5) is 2.46. The molecule has 1 aromatic rings. The fourth-order valence-corrected chi connectivity index (χ4v) is 2.21. The van der Waals surface area contributed by atoms with Crippen molar-refractivity contribution in [1.82, 2.24) is 19.8 Å². The highest BCUT2D eigenvalue weighted by Gasteiger charge is 2.29. The molecule has 5 heteroatoms. The molecule has 0 atom stereocenters. The third-order valence-corrected chi connectivity index (χ3v) is 3.28. The van der Waals surface area contributed by atoms with Gasteiger partial charge in [0.1, 0.15) is 0 Å². The van der Waals surface area contributed by atoms with Gasteiger partial charge >= 0.3 is 0 Å². The lowest BCUT2D eigenvalue weighted by molar-refractivity contribution is 0.0814. The molecule has 0 saturated carbocycles. The van der Waals surface area contributed by atoms with E-state index in [-0.39, 0.29) is 5.54 Å². The number of hydrogen-bond donors (Lipinski definition) is 1. The van der Waals surface area contributed by atoms with Gasteiger partial charge in [-0.2, -0.15) is 0 Å². The van der Waals surface area contributed by atoms with E-state index in [9.17, 15) is 0 Å². The summed E-state index contributed by atoms with van der Waals surface area (Å²) in [7, 11) is 0. The highest BCUT2D eigenvalue weighted by Crippen LogP contribution is 2.18. The quantitative estimate of drug-likeness (QED) is 0.784. The van der Waals surface area contributed by atoms with Crippen LogP contribution in [0.25, 0.3) is 0 Å². The summed E-state index contributed by atoms with van der Waals surface area (Å²) < 4.78 is 3.88. The monoisotopic (exact) mass is 212 g/mol. The predicted octanol–water partition coefficient (Wildman–Crippen LogP) is 0.722. The summed E-state index contributed by atoms with van der Waals surface area (Å²) in [5.74, 6) is 0. The van der Waals surface area contributed by atoms with Gasteiger partial charge in [0.2, 0.25) is 0 Å². The van der Waals surface area contributed by atoms with Crippen LogP contribution in [0.4, 0.5) is 0 Å². The number of piperazine rings is 1. The van der Waals surface area contributed by atoms with Gasteiger partial charge in [-0.15, -0.1) is 5.10 Å². The second-order valence-electron chi connectivity index (χ2n) is 4.31. The van der Waals surface area contributed by atoms with Gasteiger partial charge < -0.3 is 5.32 Å². The summed E-state index contributed by atoms with van der Waals surface area (Å²) in [5.41, 5.74) is 1.31. The smallest absolute Gasteiger partial charge is 0.0895 e. The van der Waals surface area contributed by atoms with Gasteiger partial charge in [-0.3, -0.25) is 4.90 Å². The van der Waals surface area contributed by atoms with E-state index in [4.69, 9.17) is 0 Å². The number of rotatable bonds is 2. The second kappa shape index (κ2) is 3.92. The van der Waals surface area contributed by atoms with Gasteiger partial charge in [-0.1, -0.05) is 4.49 Å². The van der Waals surface area contributed by atoms with Crippen molar-refractivity contribution in [2.45, 2.75) is 25.9 Å². The van der Waals surface area contributed by atoms with Crippen LogP contribution in [0.2, 0.25) is 0 Å². The molecule has 0 amide bonds. The zero-order valence-electron chi connectivity index (χ0n) is 8.66. The molecule has 1 saturated heterocycles. The molecule has 1 aliphatic heterocycles. The Balaban J connectivity index is 2.02. The molecule has 2 rings (SSSR count). The molecule has 1 fully saturated rings. The van der Waals surface area contributed by atoms with Crippen LogP contribution >= 0.6 is 11.5 Å². The van der Waals surface area contributed by atoms with Gasteiger partial charge in [0.05, 0.1) is 5.69 Å². The maximum absolute atomic E-state index is 4.08. The molecule has 0 bridgehead atoms. The summed E-state index contributed by atoms with van der Waals surface area (Å²) in [6.07, 6.45) is 0. The zero-order valence-corrected chi connectivity index (χ0v) is 9.47. The number of nitrogens with one attached hydrogen (secondary N) is 1. The second-order valence-corrected chi connectivity index (χ2v) is 4.92. The average Bonchev–Trinajstić information content (AvgIpc) is 2.61. The molecule has 1 N–H and O–H groups in total. The summed E-state index contributed by atoms with van der Waals surface area (Å²) in [6, 6.07) is 0. The lowest BCUT2D eigenvalue weighted by Gasteiger charge is -2.42. The largest absolute Gasteiger partial charge is 0.314 e. The molecule has 0 spiro atoms. The van der Waals surface area contributed by atoms with Crippen LogP contribution in [0.1, 0.15) is 19.5 Å². The van der Waals surface area contributed by atoms with Crippen molar-refractivity contribution in [3.63, 3.8) is 0 Å². The molecule has 0 unspecified atom stereocenters. The van der Waals surface area contributed by atoms with Gasteiger partial charge in [0.15, 0.2) is 0 Å². The summed E-state index contributed by atoms with van der Waals surface area (Å²) >= 11 is 1.42. The van der Waals surface area contributed by atoms with E-state index in [0.29, 0.717) is 0 Å². The van der Waals surface area contributed by atoms with E-state index in [1.54, 1.807) is 0 Å². The lowest BCUT2D eigenvalue weighted by atomic mass is 10.00. The average molecular weight is 212 g/mol. The fraction of sp³-hybridized carbons (Fsp3) is 0.778. The van der Waals surface area contributed by atoms with Crippen molar-refractivity contribution in [2.75, 3.05) is 19.6 Å². The van der Waals surface area contributed by atoms with Crippen molar-refractivity contribution in [1.29, 1.82) is 0 Å². The molecule has 0 aliphatic carbocycles. The van der Waals surface area contributed by atoms with Gasteiger partial charge in [0, 0.05) is 37.1 Å². The Morgan fingerprint density at radius 3 is 3.14 bits per heavy atom. The minimum absolute atomic E-state index is 0.224. The van der Waals surface area contributed by atoms with E-state index in [1.165, 1.54) is 11.5 Å². The Morgan fingerprint density at radius 1 is 1.64 bits per heavy atom. The van der Waals surface area contributed by atoms with Crippen LogP contribution < -0.4 is 5.32 Å². The Kier molecular flexibility index (Phi) is 2.80. The molecule has 1 aromatic heterocycles. The molecular formula is C9H16N4S. The van der Waals surface area contributed by atoms with E-state index in [1.807, 2.05) is 5.38 Å². The molecule has 78 valence electrons. The van der Waals surface area contributed by atoms with Crippen molar-refractivity contribution < 1.29 is 0 Å². The molecular weight excluding hydrogens is 196 g/mol. The molecule has 1 aliphatic rings. The summed E-state index contributed by atoms with van der Waals surface area (Å²) in [6.45, 7) is 8.65. The maximum Gasteiger partial charge on any atom is 0.0895 e. The molecule has 0 radical (unpaired) electrons. The maximum atomic E-state index is 4.08. The minimum Gasteiger partial charge on any atom is -0.314 e. The third-order valence-electron chi connectivity index (χ3n) is 2.73. The van der Waals surface area contributed by atoms with Gasteiger partial charge in [-0.05, 0) is 25.4 Å². The van der Waals surface area contributed by atoms with Crippen molar-refractivity contribution in [3.05, 3.63) is 11.1 Å². The molecule has 4 nitrogen and oxygen atoms in total. The molecule has 2 heterocycles. The Bertz CT molecular complexity index is 283. The van der Waals surface area contributed by atoms with Crippen LogP contribution in [-0.2, 0) is 6.54 Å². The normalized spacial score (nSPS) is 22.4.